The van der Waals surface area contributed by atoms with Gasteiger partial charge in [0.05, 0.1) is 19.9 Å². The number of aromatic amines is 1. The van der Waals surface area contributed by atoms with Gasteiger partial charge in [-0.3, -0.25) is 14.8 Å². The van der Waals surface area contributed by atoms with E-state index in [4.69, 9.17) is 19.5 Å². The molecular weight excluding hydrogens is 392 g/mol. The highest BCUT2D eigenvalue weighted by Crippen LogP contribution is 2.36. The average Bonchev–Trinajstić information content (AvgIpc) is 2.83. The Labute approximate surface area is 180 Å². The smallest absolute Gasteiger partial charge is 0.254 e. The van der Waals surface area contributed by atoms with E-state index in [1.807, 2.05) is 18.2 Å². The Morgan fingerprint density at radius 2 is 1.84 bits per heavy atom. The van der Waals surface area contributed by atoms with Crippen molar-refractivity contribution in [3.8, 4) is 22.9 Å². The minimum atomic E-state index is -0.0644. The van der Waals surface area contributed by atoms with Crippen LogP contribution in [0.2, 0.25) is 0 Å². The van der Waals surface area contributed by atoms with Crippen molar-refractivity contribution >= 4 is 5.71 Å². The molecule has 1 unspecified atom stereocenters. The second-order valence-corrected chi connectivity index (χ2v) is 7.90. The molecule has 1 aromatic carbocycles. The Morgan fingerprint density at radius 1 is 1.06 bits per heavy atom. The van der Waals surface area contributed by atoms with E-state index in [2.05, 4.69) is 16.0 Å². The zero-order valence-corrected chi connectivity index (χ0v) is 17.6. The van der Waals surface area contributed by atoms with E-state index in [0.29, 0.717) is 18.0 Å². The maximum absolute atomic E-state index is 12.9. The van der Waals surface area contributed by atoms with Crippen LogP contribution in [0.4, 0.5) is 0 Å². The molecule has 0 spiro atoms. The van der Waals surface area contributed by atoms with E-state index < -0.39 is 0 Å². The zero-order chi connectivity index (χ0) is 21.4. The van der Waals surface area contributed by atoms with Crippen LogP contribution >= 0.6 is 0 Å². The van der Waals surface area contributed by atoms with Crippen LogP contribution in [0.25, 0.3) is 11.4 Å². The normalized spacial score (nSPS) is 17.4. The first-order valence-corrected chi connectivity index (χ1v) is 10.5. The third kappa shape index (κ3) is 3.50. The summed E-state index contributed by atoms with van der Waals surface area (Å²) < 4.78 is 11.0. The van der Waals surface area contributed by atoms with Crippen LogP contribution in [0.1, 0.15) is 28.8 Å². The maximum Gasteiger partial charge on any atom is 0.254 e. The molecule has 7 heteroatoms. The lowest BCUT2D eigenvalue weighted by atomic mass is 9.79. The summed E-state index contributed by atoms with van der Waals surface area (Å²) in [6.45, 7) is 0.747. The molecule has 158 valence electrons. The molecule has 0 radical (unpaired) electrons. The van der Waals surface area contributed by atoms with Crippen molar-refractivity contribution in [2.24, 2.45) is 10.9 Å². The molecule has 1 atom stereocenters. The number of ether oxygens (including phenoxy) is 2. The van der Waals surface area contributed by atoms with Crippen LogP contribution in [-0.2, 0) is 19.3 Å². The molecule has 0 saturated heterocycles. The molecular formula is C24H24N4O3. The van der Waals surface area contributed by atoms with Gasteiger partial charge in [-0.2, -0.15) is 0 Å². The molecule has 5 rings (SSSR count). The van der Waals surface area contributed by atoms with Crippen molar-refractivity contribution in [2.45, 2.75) is 25.7 Å². The lowest BCUT2D eigenvalue weighted by molar-refractivity contribution is 0.354. The first-order chi connectivity index (χ1) is 15.2. The summed E-state index contributed by atoms with van der Waals surface area (Å²) >= 11 is 0. The number of benzene rings is 1. The van der Waals surface area contributed by atoms with Crippen molar-refractivity contribution in [1.82, 2.24) is 15.0 Å². The summed E-state index contributed by atoms with van der Waals surface area (Å²) in [5, 5.41) is 0. The molecule has 1 N–H and O–H groups in total. The number of pyridine rings is 1. The number of hydrogen-bond acceptors (Lipinski definition) is 6. The van der Waals surface area contributed by atoms with Crippen molar-refractivity contribution < 1.29 is 9.47 Å². The summed E-state index contributed by atoms with van der Waals surface area (Å²) in [5.74, 6) is 2.22. The highest BCUT2D eigenvalue weighted by atomic mass is 16.5. The number of aliphatic imine (C=N–C) groups is 1. The molecule has 3 aromatic rings. The molecule has 0 amide bonds. The van der Waals surface area contributed by atoms with E-state index >= 15 is 0 Å². The van der Waals surface area contributed by atoms with Gasteiger partial charge in [0.25, 0.3) is 5.56 Å². The predicted molar refractivity (Wildman–Crippen MR) is 118 cm³/mol. The molecule has 1 aliphatic carbocycles. The second kappa shape index (κ2) is 7.98. The van der Waals surface area contributed by atoms with Gasteiger partial charge in [0.1, 0.15) is 5.82 Å². The summed E-state index contributed by atoms with van der Waals surface area (Å²) in [4.78, 5) is 29.6. The minimum absolute atomic E-state index is 0.0644. The van der Waals surface area contributed by atoms with Gasteiger partial charge in [0, 0.05) is 47.3 Å². The fourth-order valence-corrected chi connectivity index (χ4v) is 4.60. The van der Waals surface area contributed by atoms with Crippen LogP contribution in [0.5, 0.6) is 11.5 Å². The minimum Gasteiger partial charge on any atom is -0.493 e. The van der Waals surface area contributed by atoms with Gasteiger partial charge >= 0.3 is 0 Å². The maximum atomic E-state index is 12.9. The molecule has 1 aliphatic heterocycles. The zero-order valence-electron chi connectivity index (χ0n) is 17.6. The number of H-pyrrole nitrogens is 1. The molecule has 31 heavy (non-hydrogen) atoms. The SMILES string of the molecule is COc1cc2c(cc1OC)C(C1CCc3nc(-c4ccncc4)[nH]c(=O)c3C1)=NCC2. The summed E-state index contributed by atoms with van der Waals surface area (Å²) in [7, 11) is 3.30. The summed E-state index contributed by atoms with van der Waals surface area (Å²) in [6, 6.07) is 7.78. The predicted octanol–water partition coefficient (Wildman–Crippen LogP) is 3.00. The van der Waals surface area contributed by atoms with Crippen LogP contribution in [0.15, 0.2) is 46.4 Å². The van der Waals surface area contributed by atoms with E-state index in [9.17, 15) is 4.79 Å². The topological polar surface area (TPSA) is 89.5 Å². The van der Waals surface area contributed by atoms with Gasteiger partial charge < -0.3 is 14.5 Å². The molecule has 0 fully saturated rings. The van der Waals surface area contributed by atoms with E-state index in [1.165, 1.54) is 5.56 Å². The van der Waals surface area contributed by atoms with Crippen LogP contribution in [0.3, 0.4) is 0 Å². The molecule has 7 nitrogen and oxygen atoms in total. The first-order valence-electron chi connectivity index (χ1n) is 10.5. The third-order valence-electron chi connectivity index (χ3n) is 6.17. The number of rotatable bonds is 4. The van der Waals surface area contributed by atoms with Crippen molar-refractivity contribution in [3.63, 3.8) is 0 Å². The van der Waals surface area contributed by atoms with E-state index in [-0.39, 0.29) is 11.5 Å². The fraction of sp³-hybridized carbons (Fsp3) is 0.333. The number of aryl methyl sites for hydroxylation is 1. The van der Waals surface area contributed by atoms with Gasteiger partial charge in [-0.1, -0.05) is 0 Å². The van der Waals surface area contributed by atoms with E-state index in [1.54, 1.807) is 26.6 Å². The number of nitrogens with one attached hydrogen (secondary N) is 1. The number of methoxy groups -OCH3 is 2. The van der Waals surface area contributed by atoms with Crippen molar-refractivity contribution in [3.05, 3.63) is 69.4 Å². The summed E-state index contributed by atoms with van der Waals surface area (Å²) in [5.41, 5.74) is 5.84. The summed E-state index contributed by atoms with van der Waals surface area (Å²) in [6.07, 6.45) is 6.58. The Morgan fingerprint density at radius 3 is 2.61 bits per heavy atom. The largest absolute Gasteiger partial charge is 0.493 e. The number of aromatic nitrogens is 3. The molecule has 3 heterocycles. The standard InChI is InChI=1S/C24H24N4O3/c1-30-20-12-15-7-10-26-22(17(15)13-21(20)31-2)16-3-4-19-18(11-16)24(29)28-23(27-19)14-5-8-25-9-6-14/h5-6,8-9,12-13,16H,3-4,7,10-11H2,1-2H3,(H,27,28,29). The number of hydrogen-bond donors (Lipinski definition) is 1. The highest BCUT2D eigenvalue weighted by molar-refractivity contribution is 6.05. The Hall–Kier alpha value is -3.48. The molecule has 0 bridgehead atoms. The lowest BCUT2D eigenvalue weighted by Gasteiger charge is -2.28. The Bertz CT molecular complexity index is 1220. The quantitative estimate of drug-likeness (QED) is 0.706. The fourth-order valence-electron chi connectivity index (χ4n) is 4.60. The van der Waals surface area contributed by atoms with Gasteiger partial charge in [0.15, 0.2) is 11.5 Å². The van der Waals surface area contributed by atoms with E-state index in [0.717, 1.165) is 59.7 Å². The van der Waals surface area contributed by atoms with Gasteiger partial charge in [-0.25, -0.2) is 4.98 Å². The van der Waals surface area contributed by atoms with Gasteiger partial charge in [-0.05, 0) is 55.5 Å². The second-order valence-electron chi connectivity index (χ2n) is 7.90. The van der Waals surface area contributed by atoms with Gasteiger partial charge in [0.2, 0.25) is 0 Å². The third-order valence-corrected chi connectivity index (χ3v) is 6.17. The molecule has 2 aromatic heterocycles. The highest BCUT2D eigenvalue weighted by Gasteiger charge is 2.30. The number of nitrogens with zero attached hydrogens (tertiary/aromatic N) is 3. The van der Waals surface area contributed by atoms with Crippen LogP contribution in [-0.4, -0.2) is 41.4 Å². The average molecular weight is 416 g/mol. The Balaban J connectivity index is 1.48. The Kier molecular flexibility index (Phi) is 5.02. The van der Waals surface area contributed by atoms with Crippen LogP contribution in [0, 0.1) is 5.92 Å². The number of fused-ring (bicyclic) bond motifs is 2. The van der Waals surface area contributed by atoms with Crippen LogP contribution < -0.4 is 15.0 Å². The van der Waals surface area contributed by atoms with Crippen molar-refractivity contribution in [1.29, 1.82) is 0 Å². The first kappa shape index (κ1) is 19.5. The lowest BCUT2D eigenvalue weighted by Crippen LogP contribution is -2.32. The van der Waals surface area contributed by atoms with Crippen molar-refractivity contribution in [2.75, 3.05) is 20.8 Å². The monoisotopic (exact) mass is 416 g/mol. The molecule has 0 saturated carbocycles. The van der Waals surface area contributed by atoms with Gasteiger partial charge in [-0.15, -0.1) is 0 Å². The molecule has 2 aliphatic rings.